The summed E-state index contributed by atoms with van der Waals surface area (Å²) in [5.41, 5.74) is 0. The van der Waals surface area contributed by atoms with Crippen molar-refractivity contribution in [2.24, 2.45) is 5.92 Å². The molecule has 18 heavy (non-hydrogen) atoms. The second-order valence-corrected chi connectivity index (χ2v) is 6.75. The summed E-state index contributed by atoms with van der Waals surface area (Å²) >= 11 is 1.95. The second-order valence-electron chi connectivity index (χ2n) is 5.36. The van der Waals surface area contributed by atoms with Gasteiger partial charge in [-0.3, -0.25) is 4.79 Å². The molecule has 0 spiro atoms. The van der Waals surface area contributed by atoms with Gasteiger partial charge in [0.1, 0.15) is 0 Å². The second kappa shape index (κ2) is 8.05. The van der Waals surface area contributed by atoms with Crippen LogP contribution in [-0.4, -0.2) is 48.0 Å². The first-order chi connectivity index (χ1) is 8.56. The van der Waals surface area contributed by atoms with Gasteiger partial charge < -0.3 is 10.2 Å². The summed E-state index contributed by atoms with van der Waals surface area (Å²) in [4.78, 5) is 14.4. The maximum atomic E-state index is 12.4. The van der Waals surface area contributed by atoms with Gasteiger partial charge in [0.15, 0.2) is 0 Å². The van der Waals surface area contributed by atoms with Gasteiger partial charge in [-0.05, 0) is 51.2 Å². The average Bonchev–Trinajstić information content (AvgIpc) is 2.37. The summed E-state index contributed by atoms with van der Waals surface area (Å²) in [5.74, 6) is 2.89. The predicted octanol–water partition coefficient (Wildman–Crippen LogP) is 2.36. The number of piperidine rings is 1. The molecule has 1 amide bonds. The van der Waals surface area contributed by atoms with Crippen molar-refractivity contribution in [3.63, 3.8) is 0 Å². The molecule has 1 fully saturated rings. The molecule has 1 unspecified atom stereocenters. The standard InChI is InChI=1S/C14H28N2OS/c1-5-18-9-7-12(3)16(4)14(17)13-6-8-15-11(2)10-13/h11-13,15H,5-10H2,1-4H3/t11-,12?,13-/m0/s1. The van der Waals surface area contributed by atoms with Crippen LogP contribution >= 0.6 is 11.8 Å². The quantitative estimate of drug-likeness (QED) is 0.753. The molecule has 1 saturated heterocycles. The van der Waals surface area contributed by atoms with Crippen LogP contribution in [0, 0.1) is 5.92 Å². The third-order valence-corrected chi connectivity index (χ3v) is 4.80. The van der Waals surface area contributed by atoms with Crippen LogP contribution in [0.25, 0.3) is 0 Å². The number of hydrogen-bond acceptors (Lipinski definition) is 3. The van der Waals surface area contributed by atoms with Crippen molar-refractivity contribution in [2.75, 3.05) is 25.1 Å². The number of rotatable bonds is 6. The topological polar surface area (TPSA) is 32.3 Å². The van der Waals surface area contributed by atoms with Gasteiger partial charge in [-0.25, -0.2) is 0 Å². The minimum Gasteiger partial charge on any atom is -0.343 e. The van der Waals surface area contributed by atoms with Gasteiger partial charge in [0.25, 0.3) is 0 Å². The molecule has 1 N–H and O–H groups in total. The van der Waals surface area contributed by atoms with Crippen molar-refractivity contribution < 1.29 is 4.79 Å². The number of amides is 1. The third-order valence-electron chi connectivity index (χ3n) is 3.87. The van der Waals surface area contributed by atoms with E-state index >= 15 is 0 Å². The smallest absolute Gasteiger partial charge is 0.225 e. The van der Waals surface area contributed by atoms with Crippen molar-refractivity contribution >= 4 is 17.7 Å². The van der Waals surface area contributed by atoms with Crippen molar-refractivity contribution in [1.29, 1.82) is 0 Å². The lowest BCUT2D eigenvalue weighted by Crippen LogP contribution is -2.45. The number of nitrogens with one attached hydrogen (secondary N) is 1. The zero-order chi connectivity index (χ0) is 13.5. The van der Waals surface area contributed by atoms with Crippen LogP contribution in [0.4, 0.5) is 0 Å². The van der Waals surface area contributed by atoms with Crippen LogP contribution in [0.15, 0.2) is 0 Å². The molecule has 1 rings (SSSR count). The van der Waals surface area contributed by atoms with E-state index in [2.05, 4.69) is 26.1 Å². The van der Waals surface area contributed by atoms with E-state index in [1.54, 1.807) is 0 Å². The maximum Gasteiger partial charge on any atom is 0.225 e. The molecule has 3 nitrogen and oxygen atoms in total. The van der Waals surface area contributed by atoms with Gasteiger partial charge in [-0.1, -0.05) is 6.92 Å². The van der Waals surface area contributed by atoms with Gasteiger partial charge in [-0.15, -0.1) is 0 Å². The van der Waals surface area contributed by atoms with Crippen molar-refractivity contribution in [3.05, 3.63) is 0 Å². The lowest BCUT2D eigenvalue weighted by molar-refractivity contribution is -0.137. The van der Waals surface area contributed by atoms with Crippen LogP contribution in [0.2, 0.25) is 0 Å². The van der Waals surface area contributed by atoms with Gasteiger partial charge in [0.05, 0.1) is 0 Å². The molecule has 106 valence electrons. The molecule has 0 saturated carbocycles. The monoisotopic (exact) mass is 272 g/mol. The first kappa shape index (κ1) is 15.8. The summed E-state index contributed by atoms with van der Waals surface area (Å²) < 4.78 is 0. The molecule has 4 heteroatoms. The summed E-state index contributed by atoms with van der Waals surface area (Å²) in [5, 5.41) is 3.40. The molecule has 1 heterocycles. The van der Waals surface area contributed by atoms with Crippen LogP contribution in [0.3, 0.4) is 0 Å². The SMILES string of the molecule is CCSCCC(C)N(C)C(=O)[C@H]1CCN[C@@H](C)C1. The van der Waals surface area contributed by atoms with E-state index in [0.29, 0.717) is 18.0 Å². The molecule has 3 atom stereocenters. The Bertz CT molecular complexity index is 260. The van der Waals surface area contributed by atoms with Crippen LogP contribution in [0.1, 0.15) is 40.0 Å². The first-order valence-corrected chi connectivity index (χ1v) is 8.29. The van der Waals surface area contributed by atoms with Crippen molar-refractivity contribution in [2.45, 2.75) is 52.1 Å². The summed E-state index contributed by atoms with van der Waals surface area (Å²) in [6.07, 6.45) is 3.07. The van der Waals surface area contributed by atoms with Crippen LogP contribution in [-0.2, 0) is 4.79 Å². The van der Waals surface area contributed by atoms with Gasteiger partial charge in [-0.2, -0.15) is 11.8 Å². The largest absolute Gasteiger partial charge is 0.343 e. The lowest BCUT2D eigenvalue weighted by atomic mass is 9.91. The highest BCUT2D eigenvalue weighted by Crippen LogP contribution is 2.20. The Morgan fingerprint density at radius 3 is 2.89 bits per heavy atom. The summed E-state index contributed by atoms with van der Waals surface area (Å²) in [6, 6.07) is 0.841. The third kappa shape index (κ3) is 4.81. The average molecular weight is 272 g/mol. The van der Waals surface area contributed by atoms with E-state index < -0.39 is 0 Å². The minimum absolute atomic E-state index is 0.229. The van der Waals surface area contributed by atoms with Crippen molar-refractivity contribution in [1.82, 2.24) is 10.2 Å². The minimum atomic E-state index is 0.229. The molecule has 0 bridgehead atoms. The Balaban J connectivity index is 2.39. The fourth-order valence-corrected chi connectivity index (χ4v) is 3.25. The van der Waals surface area contributed by atoms with Crippen LogP contribution in [0.5, 0.6) is 0 Å². The molecule has 0 radical (unpaired) electrons. The van der Waals surface area contributed by atoms with Gasteiger partial charge >= 0.3 is 0 Å². The van der Waals surface area contributed by atoms with E-state index in [9.17, 15) is 4.79 Å². The summed E-state index contributed by atoms with van der Waals surface area (Å²) in [6.45, 7) is 7.49. The molecular weight excluding hydrogens is 244 g/mol. The Hall–Kier alpha value is -0.220. The molecule has 1 aliphatic heterocycles. The van der Waals surface area contributed by atoms with Crippen molar-refractivity contribution in [3.8, 4) is 0 Å². The first-order valence-electron chi connectivity index (χ1n) is 7.14. The molecule has 0 aromatic rings. The zero-order valence-electron chi connectivity index (χ0n) is 12.2. The number of hydrogen-bond donors (Lipinski definition) is 1. The predicted molar refractivity (Wildman–Crippen MR) is 80.0 cm³/mol. The van der Waals surface area contributed by atoms with E-state index in [0.717, 1.165) is 37.3 Å². The molecule has 0 aliphatic carbocycles. The Labute approximate surface area is 116 Å². The Morgan fingerprint density at radius 1 is 1.56 bits per heavy atom. The maximum absolute atomic E-state index is 12.4. The molecule has 0 aromatic carbocycles. The van der Waals surface area contributed by atoms with Crippen LogP contribution < -0.4 is 5.32 Å². The number of thioether (sulfide) groups is 1. The van der Waals surface area contributed by atoms with E-state index in [1.807, 2.05) is 23.7 Å². The highest BCUT2D eigenvalue weighted by Gasteiger charge is 2.28. The Morgan fingerprint density at radius 2 is 2.28 bits per heavy atom. The number of carbonyl (C=O) groups excluding carboxylic acids is 1. The van der Waals surface area contributed by atoms with E-state index in [1.165, 1.54) is 0 Å². The van der Waals surface area contributed by atoms with Gasteiger partial charge in [0, 0.05) is 25.0 Å². The zero-order valence-corrected chi connectivity index (χ0v) is 13.1. The highest BCUT2D eigenvalue weighted by atomic mass is 32.2. The van der Waals surface area contributed by atoms with E-state index in [4.69, 9.17) is 0 Å². The molecular formula is C14H28N2OS. The fourth-order valence-electron chi connectivity index (χ4n) is 2.45. The van der Waals surface area contributed by atoms with Gasteiger partial charge in [0.2, 0.25) is 5.91 Å². The lowest BCUT2D eigenvalue weighted by Gasteiger charge is -2.33. The van der Waals surface area contributed by atoms with E-state index in [-0.39, 0.29) is 5.92 Å². The number of nitrogens with zero attached hydrogens (tertiary/aromatic N) is 1. The normalized spacial score (nSPS) is 25.8. The molecule has 0 aromatic heterocycles. The molecule has 1 aliphatic rings. The Kier molecular flexibility index (Phi) is 7.08. The fraction of sp³-hybridized carbons (Fsp3) is 0.929. The number of carbonyl (C=O) groups is 1. The highest BCUT2D eigenvalue weighted by molar-refractivity contribution is 7.99. The summed E-state index contributed by atoms with van der Waals surface area (Å²) in [7, 11) is 1.97.